The summed E-state index contributed by atoms with van der Waals surface area (Å²) in [6.45, 7) is 0. The van der Waals surface area contributed by atoms with Crippen molar-refractivity contribution in [1.82, 2.24) is 10.2 Å². The number of aromatic amines is 1. The molecule has 0 fully saturated rings. The zero-order valence-corrected chi connectivity index (χ0v) is 12.2. The molecule has 1 aromatic carbocycles. The number of nitrogen functional groups attached to an aromatic ring is 1. The third-order valence-corrected chi connectivity index (χ3v) is 4.45. The second-order valence-electron chi connectivity index (χ2n) is 4.08. The minimum Gasteiger partial charge on any atom is -0.383 e. The molecular formula is C10H8N4O6S2. The summed E-state index contributed by atoms with van der Waals surface area (Å²) in [5, 5.41) is 14.9. The molecule has 1 aromatic heterocycles. The average molecular weight is 344 g/mol. The Kier molecular flexibility index (Phi) is 3.67. The van der Waals surface area contributed by atoms with E-state index in [2.05, 4.69) is 10.2 Å². The van der Waals surface area contributed by atoms with Crippen LogP contribution in [0, 0.1) is 11.3 Å². The third kappa shape index (κ3) is 2.78. The van der Waals surface area contributed by atoms with E-state index in [0.29, 0.717) is 0 Å². The molecule has 12 heteroatoms. The molecule has 0 saturated carbocycles. The van der Waals surface area contributed by atoms with Crippen LogP contribution in [0.2, 0.25) is 0 Å². The molecule has 0 unspecified atom stereocenters. The second-order valence-corrected chi connectivity index (χ2v) is 6.89. The molecule has 1 heterocycles. The molecule has 2 rings (SSSR count). The molecule has 22 heavy (non-hydrogen) atoms. The van der Waals surface area contributed by atoms with Crippen molar-refractivity contribution < 1.29 is 25.9 Å². The molecule has 0 amide bonds. The number of aromatic nitrogens is 2. The molecule has 116 valence electrons. The van der Waals surface area contributed by atoms with E-state index in [0.717, 1.165) is 18.2 Å². The minimum absolute atomic E-state index is 0.170. The smallest absolute Gasteiger partial charge is 0.295 e. The third-order valence-electron chi connectivity index (χ3n) is 2.69. The number of nitriles is 1. The lowest BCUT2D eigenvalue weighted by Crippen LogP contribution is -2.05. The largest absolute Gasteiger partial charge is 0.383 e. The number of nitrogens with two attached hydrogens (primary N) is 1. The first-order valence-corrected chi connectivity index (χ1v) is 8.27. The van der Waals surface area contributed by atoms with Gasteiger partial charge in [-0.15, -0.1) is 0 Å². The van der Waals surface area contributed by atoms with Crippen molar-refractivity contribution in [2.75, 3.05) is 5.73 Å². The quantitative estimate of drug-likeness (QED) is 0.556. The fourth-order valence-electron chi connectivity index (χ4n) is 1.74. The Morgan fingerprint density at radius 1 is 1.18 bits per heavy atom. The highest BCUT2D eigenvalue weighted by Crippen LogP contribution is 2.32. The van der Waals surface area contributed by atoms with E-state index in [-0.39, 0.29) is 17.1 Å². The van der Waals surface area contributed by atoms with E-state index in [1.807, 2.05) is 0 Å². The van der Waals surface area contributed by atoms with Crippen molar-refractivity contribution in [3.63, 3.8) is 0 Å². The van der Waals surface area contributed by atoms with Crippen LogP contribution in [0.5, 0.6) is 0 Å². The highest BCUT2D eigenvalue weighted by atomic mass is 32.2. The van der Waals surface area contributed by atoms with Crippen molar-refractivity contribution in [1.29, 1.82) is 5.26 Å². The van der Waals surface area contributed by atoms with Crippen LogP contribution >= 0.6 is 0 Å². The van der Waals surface area contributed by atoms with Crippen LogP contribution < -0.4 is 5.73 Å². The number of hydrogen-bond acceptors (Lipinski definition) is 7. The van der Waals surface area contributed by atoms with E-state index in [4.69, 9.17) is 15.5 Å². The highest BCUT2D eigenvalue weighted by molar-refractivity contribution is 7.86. The predicted molar refractivity (Wildman–Crippen MR) is 72.8 cm³/mol. The Hall–Kier alpha value is -2.46. The van der Waals surface area contributed by atoms with Crippen molar-refractivity contribution in [3.8, 4) is 17.3 Å². The Balaban J connectivity index is 2.91. The fraction of sp³-hybridized carbons (Fsp3) is 0. The monoisotopic (exact) mass is 344 g/mol. The van der Waals surface area contributed by atoms with Crippen LogP contribution in [0.3, 0.4) is 0 Å². The molecule has 0 aliphatic carbocycles. The Morgan fingerprint density at radius 3 is 2.32 bits per heavy atom. The van der Waals surface area contributed by atoms with Gasteiger partial charge in [0.05, 0.1) is 4.90 Å². The molecule has 2 aromatic rings. The Labute approximate surface area is 124 Å². The highest BCUT2D eigenvalue weighted by Gasteiger charge is 2.24. The average Bonchev–Trinajstić information content (AvgIpc) is 2.77. The Bertz CT molecular complexity index is 1000. The molecule has 0 saturated heterocycles. The van der Waals surface area contributed by atoms with Gasteiger partial charge in [-0.25, -0.2) is 0 Å². The summed E-state index contributed by atoms with van der Waals surface area (Å²) in [4.78, 5) is -1.33. The van der Waals surface area contributed by atoms with Gasteiger partial charge in [-0.05, 0) is 18.2 Å². The van der Waals surface area contributed by atoms with Gasteiger partial charge < -0.3 is 5.73 Å². The van der Waals surface area contributed by atoms with Gasteiger partial charge in [0.2, 0.25) is 0 Å². The summed E-state index contributed by atoms with van der Waals surface area (Å²) < 4.78 is 63.3. The molecule has 0 aliphatic rings. The van der Waals surface area contributed by atoms with Gasteiger partial charge in [0.1, 0.15) is 28.0 Å². The molecule has 0 spiro atoms. The van der Waals surface area contributed by atoms with Gasteiger partial charge in [-0.3, -0.25) is 14.2 Å². The maximum Gasteiger partial charge on any atom is 0.295 e. The van der Waals surface area contributed by atoms with Gasteiger partial charge in [0, 0.05) is 5.56 Å². The van der Waals surface area contributed by atoms with Crippen LogP contribution in [0.1, 0.15) is 5.56 Å². The summed E-state index contributed by atoms with van der Waals surface area (Å²) in [7, 11) is -9.38. The van der Waals surface area contributed by atoms with Crippen LogP contribution in [0.25, 0.3) is 11.3 Å². The van der Waals surface area contributed by atoms with Crippen LogP contribution in [-0.4, -0.2) is 36.1 Å². The van der Waals surface area contributed by atoms with Gasteiger partial charge in [0.25, 0.3) is 20.2 Å². The van der Waals surface area contributed by atoms with E-state index in [9.17, 15) is 21.4 Å². The number of hydrogen-bond donors (Lipinski definition) is 4. The molecule has 0 atom stereocenters. The molecule has 10 nitrogen and oxygen atoms in total. The summed E-state index contributed by atoms with van der Waals surface area (Å²) in [6.07, 6.45) is 0. The summed E-state index contributed by atoms with van der Waals surface area (Å²) >= 11 is 0. The topological polar surface area (TPSA) is 187 Å². The molecule has 5 N–H and O–H groups in total. The number of nitrogens with zero attached hydrogens (tertiary/aromatic N) is 2. The number of H-pyrrole nitrogens is 1. The van der Waals surface area contributed by atoms with Gasteiger partial charge >= 0.3 is 0 Å². The SMILES string of the molecule is N#Cc1c(-c2cc(S(=O)(=O)O)ccc2S(=O)(=O)O)n[nH]c1N. The van der Waals surface area contributed by atoms with E-state index < -0.39 is 35.6 Å². The first-order chi connectivity index (χ1) is 10.1. The minimum atomic E-state index is -4.74. The second kappa shape index (κ2) is 5.07. The van der Waals surface area contributed by atoms with Crippen molar-refractivity contribution in [2.45, 2.75) is 9.79 Å². The van der Waals surface area contributed by atoms with Crippen molar-refractivity contribution in [2.24, 2.45) is 0 Å². The van der Waals surface area contributed by atoms with E-state index in [1.54, 1.807) is 6.07 Å². The summed E-state index contributed by atoms with van der Waals surface area (Å²) in [5.41, 5.74) is 4.53. The number of nitrogens with one attached hydrogen (secondary N) is 1. The number of anilines is 1. The zero-order valence-electron chi connectivity index (χ0n) is 10.5. The standard InChI is InChI=1S/C10H8N4O6S2/c11-4-7-9(13-14-10(7)12)6-3-5(21(15,16)17)1-2-8(6)22(18,19)20/h1-3H,(H3,12,13,14)(H,15,16,17)(H,18,19,20). The van der Waals surface area contributed by atoms with Gasteiger partial charge in [-0.1, -0.05) is 0 Å². The van der Waals surface area contributed by atoms with Gasteiger partial charge in [-0.2, -0.15) is 27.2 Å². The lowest BCUT2D eigenvalue weighted by Gasteiger charge is -2.07. The predicted octanol–water partition coefficient (Wildman–Crippen LogP) is 0.0240. The summed E-state index contributed by atoms with van der Waals surface area (Å²) in [5.74, 6) is -0.170. The lowest BCUT2D eigenvalue weighted by molar-refractivity contribution is 0.478. The lowest BCUT2D eigenvalue weighted by atomic mass is 10.1. The molecular weight excluding hydrogens is 336 g/mol. The normalized spacial score (nSPS) is 12.0. The molecule has 0 radical (unpaired) electrons. The number of benzene rings is 1. The van der Waals surface area contributed by atoms with E-state index >= 15 is 0 Å². The van der Waals surface area contributed by atoms with Crippen LogP contribution in [0.15, 0.2) is 28.0 Å². The zero-order chi connectivity index (χ0) is 16.7. The summed E-state index contributed by atoms with van der Waals surface area (Å²) in [6, 6.07) is 3.98. The van der Waals surface area contributed by atoms with Crippen molar-refractivity contribution >= 4 is 26.1 Å². The maximum atomic E-state index is 11.4. The van der Waals surface area contributed by atoms with Gasteiger partial charge in [0.15, 0.2) is 0 Å². The molecule has 0 bridgehead atoms. The van der Waals surface area contributed by atoms with Crippen LogP contribution in [0.4, 0.5) is 5.82 Å². The Morgan fingerprint density at radius 2 is 1.82 bits per heavy atom. The van der Waals surface area contributed by atoms with E-state index in [1.165, 1.54) is 0 Å². The first kappa shape index (κ1) is 15.9. The maximum absolute atomic E-state index is 11.4. The van der Waals surface area contributed by atoms with Crippen molar-refractivity contribution in [3.05, 3.63) is 23.8 Å². The number of rotatable bonds is 3. The molecule has 0 aliphatic heterocycles. The first-order valence-electron chi connectivity index (χ1n) is 5.39. The fourth-order valence-corrected chi connectivity index (χ4v) is 2.92. The van der Waals surface area contributed by atoms with Crippen LogP contribution in [-0.2, 0) is 20.2 Å².